The van der Waals surface area contributed by atoms with Crippen LogP contribution >= 0.6 is 11.6 Å². The van der Waals surface area contributed by atoms with Gasteiger partial charge in [-0.1, -0.05) is 11.6 Å². The van der Waals surface area contributed by atoms with Gasteiger partial charge in [0.1, 0.15) is 17.6 Å². The normalized spacial score (nSPS) is 15.6. The van der Waals surface area contributed by atoms with Crippen molar-refractivity contribution < 1.29 is 14.3 Å². The Morgan fingerprint density at radius 1 is 1.37 bits per heavy atom. The maximum absolute atomic E-state index is 11.3. The first-order chi connectivity index (χ1) is 9.08. The van der Waals surface area contributed by atoms with Crippen molar-refractivity contribution in [3.05, 3.63) is 17.0 Å². The number of anilines is 1. The van der Waals surface area contributed by atoms with E-state index in [0.717, 1.165) is 0 Å². The van der Waals surface area contributed by atoms with Gasteiger partial charge < -0.3 is 9.64 Å². The van der Waals surface area contributed by atoms with Crippen LogP contribution in [-0.2, 0) is 20.9 Å². The number of ether oxygens (including phenoxy) is 1. The van der Waals surface area contributed by atoms with Crippen LogP contribution in [0.25, 0.3) is 0 Å². The number of nitrogens with one attached hydrogen (secondary N) is 1. The fraction of sp³-hybridized carbons (Fsp3) is 0.455. The Bertz CT molecular complexity index is 493. The molecule has 1 N–H and O–H groups in total. The molecule has 0 aliphatic carbocycles. The molecule has 1 saturated heterocycles. The lowest BCUT2D eigenvalue weighted by Gasteiger charge is -2.26. The third-order valence-electron chi connectivity index (χ3n) is 2.43. The average Bonchev–Trinajstić information content (AvgIpc) is 2.34. The number of carbonyl (C=O) groups is 2. The highest BCUT2D eigenvalue weighted by Crippen LogP contribution is 2.17. The summed E-state index contributed by atoms with van der Waals surface area (Å²) in [5.41, 5.74) is 0. The zero-order valence-electron chi connectivity index (χ0n) is 10.4. The van der Waals surface area contributed by atoms with Gasteiger partial charge in [0.15, 0.2) is 5.82 Å². The van der Waals surface area contributed by atoms with Gasteiger partial charge in [0, 0.05) is 12.7 Å². The highest BCUT2D eigenvalue weighted by atomic mass is 35.5. The van der Waals surface area contributed by atoms with E-state index >= 15 is 0 Å². The number of rotatable bonds is 4. The molecule has 1 fully saturated rings. The van der Waals surface area contributed by atoms with Crippen molar-refractivity contribution in [2.24, 2.45) is 0 Å². The number of carbonyl (C=O) groups excluding carboxylic acids is 2. The predicted molar refractivity (Wildman–Crippen MR) is 67.7 cm³/mol. The van der Waals surface area contributed by atoms with E-state index in [2.05, 4.69) is 15.3 Å². The molecule has 0 saturated carbocycles. The summed E-state index contributed by atoms with van der Waals surface area (Å²) in [6, 6.07) is 1.52. The zero-order valence-corrected chi connectivity index (χ0v) is 11.1. The Morgan fingerprint density at radius 2 is 2.05 bits per heavy atom. The molecule has 102 valence electrons. The number of aromatic nitrogens is 2. The Labute approximate surface area is 114 Å². The number of piperazine rings is 1. The number of hydrogen-bond acceptors (Lipinski definition) is 6. The fourth-order valence-corrected chi connectivity index (χ4v) is 1.87. The maximum Gasteiger partial charge on any atom is 0.246 e. The summed E-state index contributed by atoms with van der Waals surface area (Å²) in [4.78, 5) is 32.5. The van der Waals surface area contributed by atoms with E-state index in [-0.39, 0.29) is 36.7 Å². The second kappa shape index (κ2) is 5.94. The van der Waals surface area contributed by atoms with Gasteiger partial charge in [-0.05, 0) is 6.92 Å². The van der Waals surface area contributed by atoms with Crippen LogP contribution in [0.1, 0.15) is 12.7 Å². The van der Waals surface area contributed by atoms with Gasteiger partial charge in [0.2, 0.25) is 11.8 Å². The summed E-state index contributed by atoms with van der Waals surface area (Å²) in [5.74, 6) is 0.135. The molecular formula is C11H13ClN4O3. The van der Waals surface area contributed by atoms with Crippen molar-refractivity contribution in [2.75, 3.05) is 24.6 Å². The molecule has 0 spiro atoms. The molecule has 1 aliphatic rings. The van der Waals surface area contributed by atoms with Gasteiger partial charge in [0.05, 0.1) is 13.1 Å². The van der Waals surface area contributed by atoms with Crippen LogP contribution < -0.4 is 10.2 Å². The quantitative estimate of drug-likeness (QED) is 0.625. The minimum Gasteiger partial charge on any atom is -0.374 e. The summed E-state index contributed by atoms with van der Waals surface area (Å²) in [6.45, 7) is 2.76. The van der Waals surface area contributed by atoms with Gasteiger partial charge in [-0.25, -0.2) is 9.97 Å². The summed E-state index contributed by atoms with van der Waals surface area (Å²) in [6.07, 6.45) is 0. The molecule has 8 heteroatoms. The zero-order chi connectivity index (χ0) is 13.8. The molecule has 0 bridgehead atoms. The molecule has 0 atom stereocenters. The van der Waals surface area contributed by atoms with Crippen LogP contribution in [-0.4, -0.2) is 41.5 Å². The molecule has 2 amide bonds. The van der Waals surface area contributed by atoms with E-state index in [9.17, 15) is 9.59 Å². The van der Waals surface area contributed by atoms with Crippen LogP contribution in [0.2, 0.25) is 5.15 Å². The molecule has 19 heavy (non-hydrogen) atoms. The lowest BCUT2D eigenvalue weighted by molar-refractivity contribution is -0.130. The fourth-order valence-electron chi connectivity index (χ4n) is 1.67. The van der Waals surface area contributed by atoms with Crippen molar-refractivity contribution in [3.63, 3.8) is 0 Å². The molecule has 1 aliphatic heterocycles. The Hall–Kier alpha value is -1.73. The molecule has 1 aromatic heterocycles. The molecular weight excluding hydrogens is 272 g/mol. The van der Waals surface area contributed by atoms with Crippen LogP contribution in [0.3, 0.4) is 0 Å². The molecule has 0 aromatic carbocycles. The van der Waals surface area contributed by atoms with E-state index in [0.29, 0.717) is 18.2 Å². The lowest BCUT2D eigenvalue weighted by atomic mass is 10.3. The first kappa shape index (κ1) is 13.7. The summed E-state index contributed by atoms with van der Waals surface area (Å²) >= 11 is 5.90. The summed E-state index contributed by atoms with van der Waals surface area (Å²) < 4.78 is 5.21. The number of nitrogens with zero attached hydrogens (tertiary/aromatic N) is 3. The van der Waals surface area contributed by atoms with E-state index in [4.69, 9.17) is 16.3 Å². The van der Waals surface area contributed by atoms with Crippen molar-refractivity contribution >= 4 is 29.2 Å². The third-order valence-corrected chi connectivity index (χ3v) is 2.63. The smallest absolute Gasteiger partial charge is 0.246 e. The minimum atomic E-state index is -0.364. The lowest BCUT2D eigenvalue weighted by Crippen LogP contribution is -2.51. The topological polar surface area (TPSA) is 84.4 Å². The van der Waals surface area contributed by atoms with Crippen LogP contribution in [0.15, 0.2) is 6.07 Å². The van der Waals surface area contributed by atoms with Crippen molar-refractivity contribution in [1.82, 2.24) is 15.3 Å². The largest absolute Gasteiger partial charge is 0.374 e. The van der Waals surface area contributed by atoms with Crippen molar-refractivity contribution in [3.8, 4) is 0 Å². The number of hydrogen-bond donors (Lipinski definition) is 1. The average molecular weight is 285 g/mol. The summed E-state index contributed by atoms with van der Waals surface area (Å²) in [5, 5.41) is 2.47. The van der Waals surface area contributed by atoms with E-state index in [1.54, 1.807) is 4.90 Å². The molecule has 2 heterocycles. The van der Waals surface area contributed by atoms with Gasteiger partial charge in [-0.3, -0.25) is 14.9 Å². The van der Waals surface area contributed by atoms with E-state index in [1.165, 1.54) is 6.07 Å². The highest BCUT2D eigenvalue weighted by Gasteiger charge is 2.24. The van der Waals surface area contributed by atoms with Crippen LogP contribution in [0.4, 0.5) is 5.82 Å². The second-order valence-electron chi connectivity index (χ2n) is 3.93. The molecule has 0 radical (unpaired) electrons. The van der Waals surface area contributed by atoms with Crippen LogP contribution in [0.5, 0.6) is 0 Å². The molecule has 7 nitrogen and oxygen atoms in total. The highest BCUT2D eigenvalue weighted by molar-refractivity contribution is 6.29. The van der Waals surface area contributed by atoms with Gasteiger partial charge in [-0.2, -0.15) is 0 Å². The third kappa shape index (κ3) is 3.62. The number of amides is 2. The summed E-state index contributed by atoms with van der Waals surface area (Å²) in [7, 11) is 0. The van der Waals surface area contributed by atoms with E-state index < -0.39 is 0 Å². The number of imide groups is 1. The van der Waals surface area contributed by atoms with Crippen molar-refractivity contribution in [1.29, 1.82) is 0 Å². The predicted octanol–water partition coefficient (Wildman–Crippen LogP) is 0.129. The SMILES string of the molecule is CCOCc1nc(Cl)cc(N2CC(=O)NC(=O)C2)n1. The van der Waals surface area contributed by atoms with Gasteiger partial charge in [0.25, 0.3) is 0 Å². The molecule has 2 rings (SSSR count). The minimum absolute atomic E-state index is 0.0627. The van der Waals surface area contributed by atoms with Gasteiger partial charge >= 0.3 is 0 Å². The van der Waals surface area contributed by atoms with Crippen LogP contribution in [0, 0.1) is 0 Å². The standard InChI is InChI=1S/C11H13ClN4O3/c1-2-19-6-8-13-7(12)3-9(14-8)16-4-10(17)15-11(18)5-16/h3H,2,4-6H2,1H3,(H,15,17,18). The first-order valence-electron chi connectivity index (χ1n) is 5.77. The number of halogens is 1. The second-order valence-corrected chi connectivity index (χ2v) is 4.32. The Balaban J connectivity index is 2.21. The van der Waals surface area contributed by atoms with Crippen molar-refractivity contribution in [2.45, 2.75) is 13.5 Å². The monoisotopic (exact) mass is 284 g/mol. The molecule has 1 aromatic rings. The van der Waals surface area contributed by atoms with Gasteiger partial charge in [-0.15, -0.1) is 0 Å². The Kier molecular flexibility index (Phi) is 4.28. The molecule has 0 unspecified atom stereocenters. The first-order valence-corrected chi connectivity index (χ1v) is 6.15. The maximum atomic E-state index is 11.3. The van der Waals surface area contributed by atoms with E-state index in [1.807, 2.05) is 6.92 Å². The Morgan fingerprint density at radius 3 is 2.68 bits per heavy atom.